The molecule has 0 aromatic rings. The molecule has 0 radical (unpaired) electrons. The predicted octanol–water partition coefficient (Wildman–Crippen LogP) is 15.7. The first kappa shape index (κ1) is 63.4. The summed E-state index contributed by atoms with van der Waals surface area (Å²) in [7, 11) is -4.44. The van der Waals surface area contributed by atoms with Gasteiger partial charge in [-0.15, -0.1) is 0 Å². The lowest BCUT2D eigenvalue weighted by Gasteiger charge is -2.15. The van der Waals surface area contributed by atoms with Crippen molar-refractivity contribution in [3.05, 3.63) is 122 Å². The van der Waals surface area contributed by atoms with Crippen molar-refractivity contribution in [2.45, 2.75) is 200 Å². The second-order valence-electron chi connectivity index (χ2n) is 16.7. The highest BCUT2D eigenvalue weighted by Gasteiger charge is 2.23. The number of hydrogen-bond donors (Lipinski definition) is 3. The van der Waals surface area contributed by atoms with E-state index in [4.69, 9.17) is 13.8 Å². The van der Waals surface area contributed by atoms with Gasteiger partial charge in [-0.25, -0.2) is 4.57 Å². The number of rotatable bonds is 47. The van der Waals surface area contributed by atoms with Gasteiger partial charge in [0.2, 0.25) is 5.91 Å². The first-order valence-corrected chi connectivity index (χ1v) is 27.5. The molecule has 2 atom stereocenters. The van der Waals surface area contributed by atoms with E-state index in [0.29, 0.717) is 6.42 Å². The van der Waals surface area contributed by atoms with E-state index in [-0.39, 0.29) is 32.1 Å². The highest BCUT2D eigenvalue weighted by atomic mass is 31.2. The van der Waals surface area contributed by atoms with Crippen molar-refractivity contribution in [3.63, 3.8) is 0 Å². The van der Waals surface area contributed by atoms with Gasteiger partial charge >= 0.3 is 13.8 Å². The molecular weight excluding hydrogens is 858 g/mol. The number of carbonyl (C=O) groups is 2. The topological polar surface area (TPSA) is 131 Å². The fourth-order valence-corrected chi connectivity index (χ4v) is 7.31. The van der Waals surface area contributed by atoms with Gasteiger partial charge in [0.25, 0.3) is 0 Å². The molecule has 0 aliphatic heterocycles. The van der Waals surface area contributed by atoms with Crippen LogP contribution in [0.1, 0.15) is 194 Å². The predicted molar refractivity (Wildman–Crippen MR) is 284 cm³/mol. The van der Waals surface area contributed by atoms with Crippen molar-refractivity contribution in [2.75, 3.05) is 26.4 Å². The molecular formula is C57H94NO8P. The van der Waals surface area contributed by atoms with Crippen molar-refractivity contribution >= 4 is 19.7 Å². The summed E-state index contributed by atoms with van der Waals surface area (Å²) in [4.78, 5) is 34.1. The Kier molecular flexibility index (Phi) is 49.0. The second kappa shape index (κ2) is 51.8. The minimum absolute atomic E-state index is 0.0661. The van der Waals surface area contributed by atoms with Crippen molar-refractivity contribution in [1.82, 2.24) is 5.32 Å². The number of phosphoric ester groups is 1. The van der Waals surface area contributed by atoms with E-state index in [0.717, 1.165) is 122 Å². The van der Waals surface area contributed by atoms with Gasteiger partial charge in [-0.3, -0.25) is 18.6 Å². The van der Waals surface area contributed by atoms with Gasteiger partial charge in [-0.2, -0.15) is 0 Å². The van der Waals surface area contributed by atoms with Gasteiger partial charge in [-0.05, 0) is 103 Å². The van der Waals surface area contributed by atoms with Crippen molar-refractivity contribution < 1.29 is 37.9 Å². The number of ether oxygens (including phenoxy) is 1. The molecule has 0 rings (SSSR count). The number of hydrogen-bond acceptors (Lipinski definition) is 7. The monoisotopic (exact) mass is 952 g/mol. The standard InChI is InChI=1S/C57H94NO8P/c1-3-5-7-9-11-13-15-17-19-21-23-25-27-29-31-33-35-37-39-41-43-45-47-49-56(60)58-51-52-65-67(62,63)66-54-55(59)53-64-57(61)50-48-46-44-42-40-38-36-34-32-30-28-26-24-22-20-18-16-14-12-10-8-6-4-2/h5-8,11-14,17-20,23-26,29-32,55,59H,3-4,9-10,15-16,21-22,27-28,33-54H2,1-2H3,(H,58,60)(H,62,63)/b7-5-,8-6-,13-11-,14-12-,19-17-,20-18-,25-23-,26-24-,31-29-,32-30-. The summed E-state index contributed by atoms with van der Waals surface area (Å²) >= 11 is 0. The molecule has 10 heteroatoms. The number of nitrogens with one attached hydrogen (secondary N) is 1. The highest BCUT2D eigenvalue weighted by molar-refractivity contribution is 7.47. The second-order valence-corrected chi connectivity index (χ2v) is 18.2. The first-order valence-electron chi connectivity index (χ1n) is 26.0. The SMILES string of the molecule is CC/C=C\C/C=C\C/C=C\C/C=C\C/C=C\CCCCCCCCCC(=O)NCCOP(=O)(O)OCC(O)COC(=O)CCCCCCCCC/C=C\C/C=C\C/C=C\C/C=C\C/C=C\CC. The van der Waals surface area contributed by atoms with Crippen LogP contribution in [0.25, 0.3) is 0 Å². The van der Waals surface area contributed by atoms with E-state index >= 15 is 0 Å². The average Bonchev–Trinajstić information content (AvgIpc) is 3.32. The number of unbranched alkanes of at least 4 members (excludes halogenated alkanes) is 14. The molecule has 0 aromatic heterocycles. The van der Waals surface area contributed by atoms with Gasteiger partial charge in [0, 0.05) is 19.4 Å². The molecule has 1 amide bonds. The fraction of sp³-hybridized carbons (Fsp3) is 0.614. The third kappa shape index (κ3) is 53.2. The van der Waals surface area contributed by atoms with E-state index < -0.39 is 26.5 Å². The van der Waals surface area contributed by atoms with Gasteiger partial charge < -0.3 is 20.1 Å². The lowest BCUT2D eigenvalue weighted by atomic mass is 10.1. The Hall–Kier alpha value is -3.59. The number of allylic oxidation sites excluding steroid dienone is 20. The van der Waals surface area contributed by atoms with Gasteiger partial charge in [0.05, 0.1) is 13.2 Å². The molecule has 0 saturated heterocycles. The van der Waals surface area contributed by atoms with Crippen LogP contribution in [0.5, 0.6) is 0 Å². The first-order chi connectivity index (χ1) is 32.8. The van der Waals surface area contributed by atoms with Gasteiger partial charge in [0.15, 0.2) is 0 Å². The third-order valence-electron chi connectivity index (χ3n) is 10.4. The number of amides is 1. The number of carbonyl (C=O) groups excluding carboxylic acids is 2. The lowest BCUT2D eigenvalue weighted by Crippen LogP contribution is -2.27. The van der Waals surface area contributed by atoms with Gasteiger partial charge in [-0.1, -0.05) is 200 Å². The molecule has 0 saturated carbocycles. The molecule has 67 heavy (non-hydrogen) atoms. The Labute approximate surface area is 409 Å². The summed E-state index contributed by atoms with van der Waals surface area (Å²) < 4.78 is 27.0. The van der Waals surface area contributed by atoms with E-state index in [1.54, 1.807) is 0 Å². The maximum absolute atomic E-state index is 12.2. The van der Waals surface area contributed by atoms with Crippen LogP contribution >= 0.6 is 7.82 Å². The summed E-state index contributed by atoms with van der Waals surface area (Å²) in [5.74, 6) is -0.547. The Morgan fingerprint density at radius 2 is 0.806 bits per heavy atom. The molecule has 0 fully saturated rings. The van der Waals surface area contributed by atoms with Crippen LogP contribution in [0.3, 0.4) is 0 Å². The van der Waals surface area contributed by atoms with Crippen LogP contribution in [0.4, 0.5) is 0 Å². The molecule has 0 aliphatic carbocycles. The number of phosphoric acid groups is 1. The quantitative estimate of drug-likeness (QED) is 0.0238. The zero-order valence-electron chi connectivity index (χ0n) is 42.0. The zero-order valence-corrected chi connectivity index (χ0v) is 42.9. The molecule has 0 bridgehead atoms. The summed E-state index contributed by atoms with van der Waals surface area (Å²) in [5, 5.41) is 12.8. The number of esters is 1. The van der Waals surface area contributed by atoms with E-state index in [1.807, 2.05) is 0 Å². The maximum atomic E-state index is 12.2. The molecule has 380 valence electrons. The van der Waals surface area contributed by atoms with Crippen molar-refractivity contribution in [1.29, 1.82) is 0 Å². The van der Waals surface area contributed by atoms with Crippen LogP contribution in [0.2, 0.25) is 0 Å². The van der Waals surface area contributed by atoms with Crippen LogP contribution in [0, 0.1) is 0 Å². The molecule has 0 heterocycles. The zero-order chi connectivity index (χ0) is 48.8. The van der Waals surface area contributed by atoms with E-state index in [1.165, 1.54) is 44.9 Å². The smallest absolute Gasteiger partial charge is 0.463 e. The molecule has 0 aliphatic rings. The minimum atomic E-state index is -4.44. The lowest BCUT2D eigenvalue weighted by molar-refractivity contribution is -0.147. The largest absolute Gasteiger partial charge is 0.472 e. The van der Waals surface area contributed by atoms with Crippen LogP contribution in [-0.4, -0.2) is 54.3 Å². The van der Waals surface area contributed by atoms with Crippen LogP contribution in [0.15, 0.2) is 122 Å². The van der Waals surface area contributed by atoms with Crippen LogP contribution in [-0.2, 0) is 27.9 Å². The van der Waals surface area contributed by atoms with Gasteiger partial charge in [0.1, 0.15) is 12.7 Å². The van der Waals surface area contributed by atoms with Crippen molar-refractivity contribution in [2.24, 2.45) is 0 Å². The Bertz CT molecular complexity index is 1500. The number of aliphatic hydroxyl groups is 1. The maximum Gasteiger partial charge on any atom is 0.472 e. The molecule has 2 unspecified atom stereocenters. The molecule has 0 aromatic carbocycles. The fourth-order valence-electron chi connectivity index (χ4n) is 6.55. The molecule has 9 nitrogen and oxygen atoms in total. The molecule has 3 N–H and O–H groups in total. The molecule has 0 spiro atoms. The summed E-state index contributed by atoms with van der Waals surface area (Å²) in [6.07, 6.45) is 71.3. The summed E-state index contributed by atoms with van der Waals surface area (Å²) in [6.45, 7) is 3.29. The van der Waals surface area contributed by atoms with E-state index in [9.17, 15) is 24.2 Å². The average molecular weight is 952 g/mol. The third-order valence-corrected chi connectivity index (χ3v) is 11.4. The Morgan fingerprint density at radius 1 is 0.463 bits per heavy atom. The number of aliphatic hydroxyl groups excluding tert-OH is 1. The van der Waals surface area contributed by atoms with Crippen LogP contribution < -0.4 is 5.32 Å². The summed E-state index contributed by atoms with van der Waals surface area (Å²) in [5.41, 5.74) is 0. The normalized spacial score (nSPS) is 14.1. The Morgan fingerprint density at radius 3 is 1.21 bits per heavy atom. The summed E-state index contributed by atoms with van der Waals surface area (Å²) in [6, 6.07) is 0. The van der Waals surface area contributed by atoms with E-state index in [2.05, 4.69) is 141 Å². The Balaban J connectivity index is 3.64. The highest BCUT2D eigenvalue weighted by Crippen LogP contribution is 2.42. The minimum Gasteiger partial charge on any atom is -0.463 e. The van der Waals surface area contributed by atoms with Crippen molar-refractivity contribution in [3.8, 4) is 0 Å².